The summed E-state index contributed by atoms with van der Waals surface area (Å²) in [5.41, 5.74) is 2.20. The van der Waals surface area contributed by atoms with Crippen LogP contribution in [0.3, 0.4) is 0 Å². The molecule has 0 bridgehead atoms. The van der Waals surface area contributed by atoms with Crippen LogP contribution in [0.15, 0.2) is 42.7 Å². The van der Waals surface area contributed by atoms with Crippen LogP contribution in [0.4, 0.5) is 0 Å². The van der Waals surface area contributed by atoms with Gasteiger partial charge in [0.2, 0.25) is 5.88 Å². The summed E-state index contributed by atoms with van der Waals surface area (Å²) in [6.45, 7) is 23.9. The van der Waals surface area contributed by atoms with E-state index in [1.54, 1.807) is 6.33 Å². The molecule has 3 atom stereocenters. The smallest absolute Gasteiger partial charge is 0.216 e. The van der Waals surface area contributed by atoms with Crippen LogP contribution in [-0.2, 0) is 15.3 Å². The molecule has 7 heteroatoms. The molecule has 0 unspecified atom stereocenters. The highest BCUT2D eigenvalue weighted by Crippen LogP contribution is 2.43. The minimum absolute atomic E-state index is 0.0623. The fraction of sp³-hybridized carbons (Fsp3) is 0.655. The van der Waals surface area contributed by atoms with E-state index in [4.69, 9.17) is 13.6 Å². The van der Waals surface area contributed by atoms with Crippen molar-refractivity contribution in [3.63, 3.8) is 0 Å². The largest absolute Gasteiger partial charge is 0.474 e. The Kier molecular flexibility index (Phi) is 8.91. The minimum Gasteiger partial charge on any atom is -0.474 e. The standard InChI is InChI=1S/C29H48N2O3Si2/c1-28(2,3)35(7,8)32-20-23-17-25(19-26(23)34-36(9,10)29(4,5)6)33-27-18-24(30-21-31-27)16-22-14-12-11-13-15-22/h11-15,18,21,23,25-26H,16-17,19-20H2,1-10H3/t23-,25+,26-/m0/s1. The lowest BCUT2D eigenvalue weighted by atomic mass is 10.1. The second kappa shape index (κ2) is 11.1. The van der Waals surface area contributed by atoms with Crippen LogP contribution in [0.2, 0.25) is 36.3 Å². The van der Waals surface area contributed by atoms with E-state index in [1.807, 2.05) is 12.1 Å². The summed E-state index contributed by atoms with van der Waals surface area (Å²) in [4.78, 5) is 8.90. The molecule has 36 heavy (non-hydrogen) atoms. The fourth-order valence-electron chi connectivity index (χ4n) is 4.05. The molecule has 5 nitrogen and oxygen atoms in total. The number of hydrogen-bond acceptors (Lipinski definition) is 5. The van der Waals surface area contributed by atoms with Gasteiger partial charge in [0.15, 0.2) is 16.6 Å². The summed E-state index contributed by atoms with van der Waals surface area (Å²) >= 11 is 0. The van der Waals surface area contributed by atoms with Crippen molar-refractivity contribution >= 4 is 16.6 Å². The summed E-state index contributed by atoms with van der Waals surface area (Å²) in [5.74, 6) is 0.974. The summed E-state index contributed by atoms with van der Waals surface area (Å²) in [6.07, 6.45) is 4.38. The van der Waals surface area contributed by atoms with Crippen LogP contribution >= 0.6 is 0 Å². The average Bonchev–Trinajstić information content (AvgIpc) is 3.12. The van der Waals surface area contributed by atoms with Gasteiger partial charge in [0.05, 0.1) is 11.8 Å². The highest BCUT2D eigenvalue weighted by Gasteiger charge is 2.46. The molecular formula is C29H48N2O3Si2. The zero-order valence-electron chi connectivity index (χ0n) is 24.2. The van der Waals surface area contributed by atoms with E-state index >= 15 is 0 Å². The van der Waals surface area contributed by atoms with E-state index in [0.717, 1.165) is 31.6 Å². The van der Waals surface area contributed by atoms with Crippen LogP contribution < -0.4 is 4.74 Å². The summed E-state index contributed by atoms with van der Waals surface area (Å²) in [6, 6.07) is 12.4. The summed E-state index contributed by atoms with van der Waals surface area (Å²) in [5, 5.41) is 0.350. The number of hydrogen-bond donors (Lipinski definition) is 0. The molecule has 1 aromatic heterocycles. The lowest BCUT2D eigenvalue weighted by Gasteiger charge is -2.41. The second-order valence-electron chi connectivity index (χ2n) is 13.5. The highest BCUT2D eigenvalue weighted by molar-refractivity contribution is 6.74. The van der Waals surface area contributed by atoms with Gasteiger partial charge < -0.3 is 13.6 Å². The Bertz CT molecular complexity index is 984. The van der Waals surface area contributed by atoms with E-state index in [2.05, 4.69) is 102 Å². The lowest BCUT2D eigenvalue weighted by molar-refractivity contribution is 0.0999. The van der Waals surface area contributed by atoms with Gasteiger partial charge in [-0.2, -0.15) is 0 Å². The first-order chi connectivity index (χ1) is 16.6. The third-order valence-corrected chi connectivity index (χ3v) is 17.5. The van der Waals surface area contributed by atoms with Crippen LogP contribution in [0, 0.1) is 5.92 Å². The molecule has 3 rings (SSSR count). The topological polar surface area (TPSA) is 53.5 Å². The van der Waals surface area contributed by atoms with Crippen molar-refractivity contribution in [2.24, 2.45) is 5.92 Å². The molecule has 1 saturated carbocycles. The molecule has 1 fully saturated rings. The van der Waals surface area contributed by atoms with Gasteiger partial charge in [-0.1, -0.05) is 71.9 Å². The Morgan fingerprint density at radius 3 is 2.11 bits per heavy atom. The van der Waals surface area contributed by atoms with Crippen molar-refractivity contribution in [2.45, 2.75) is 109 Å². The van der Waals surface area contributed by atoms with E-state index in [1.165, 1.54) is 5.56 Å². The average molecular weight is 529 g/mol. The second-order valence-corrected chi connectivity index (χ2v) is 23.0. The van der Waals surface area contributed by atoms with Crippen molar-refractivity contribution in [3.8, 4) is 5.88 Å². The Hall–Kier alpha value is -1.55. The molecule has 1 heterocycles. The Labute approximate surface area is 221 Å². The van der Waals surface area contributed by atoms with E-state index in [0.29, 0.717) is 11.8 Å². The molecule has 1 aromatic carbocycles. The van der Waals surface area contributed by atoms with Crippen LogP contribution in [0.1, 0.15) is 65.6 Å². The molecule has 0 radical (unpaired) electrons. The zero-order chi connectivity index (χ0) is 26.8. The lowest BCUT2D eigenvalue weighted by Crippen LogP contribution is -2.46. The molecule has 0 spiro atoms. The molecule has 0 aliphatic heterocycles. The van der Waals surface area contributed by atoms with Gasteiger partial charge in [-0.25, -0.2) is 9.97 Å². The summed E-state index contributed by atoms with van der Waals surface area (Å²) < 4.78 is 20.1. The quantitative estimate of drug-likeness (QED) is 0.313. The minimum atomic E-state index is -1.92. The van der Waals surface area contributed by atoms with Gasteiger partial charge >= 0.3 is 0 Å². The normalized spacial score (nSPS) is 21.6. The molecule has 0 amide bonds. The number of nitrogens with zero attached hydrogens (tertiary/aromatic N) is 2. The summed E-state index contributed by atoms with van der Waals surface area (Å²) in [7, 11) is -3.77. The van der Waals surface area contributed by atoms with Crippen LogP contribution in [0.5, 0.6) is 5.88 Å². The molecule has 200 valence electrons. The molecule has 1 aliphatic rings. The number of aromatic nitrogens is 2. The van der Waals surface area contributed by atoms with E-state index < -0.39 is 16.6 Å². The first-order valence-corrected chi connectivity index (χ1v) is 19.2. The first kappa shape index (κ1) is 29.0. The van der Waals surface area contributed by atoms with Crippen molar-refractivity contribution in [1.82, 2.24) is 9.97 Å². The van der Waals surface area contributed by atoms with Crippen molar-refractivity contribution in [2.75, 3.05) is 6.61 Å². The van der Waals surface area contributed by atoms with Crippen LogP contribution in [-0.4, -0.2) is 45.4 Å². The van der Waals surface area contributed by atoms with Crippen molar-refractivity contribution in [1.29, 1.82) is 0 Å². The number of rotatable bonds is 9. The maximum atomic E-state index is 6.96. The molecule has 1 aliphatic carbocycles. The maximum absolute atomic E-state index is 6.96. The predicted octanol–water partition coefficient (Wildman–Crippen LogP) is 7.64. The monoisotopic (exact) mass is 528 g/mol. The number of ether oxygens (including phenoxy) is 1. The predicted molar refractivity (Wildman–Crippen MR) is 154 cm³/mol. The van der Waals surface area contributed by atoms with Gasteiger partial charge in [-0.15, -0.1) is 0 Å². The van der Waals surface area contributed by atoms with Gasteiger partial charge in [0.25, 0.3) is 0 Å². The maximum Gasteiger partial charge on any atom is 0.216 e. The van der Waals surface area contributed by atoms with E-state index in [9.17, 15) is 0 Å². The van der Waals surface area contributed by atoms with Gasteiger partial charge in [-0.05, 0) is 48.2 Å². The van der Waals surface area contributed by atoms with E-state index in [-0.39, 0.29) is 22.3 Å². The van der Waals surface area contributed by atoms with Gasteiger partial charge in [-0.3, -0.25) is 0 Å². The van der Waals surface area contributed by atoms with Crippen LogP contribution in [0.25, 0.3) is 0 Å². The van der Waals surface area contributed by atoms with Gasteiger partial charge in [0, 0.05) is 31.4 Å². The Morgan fingerprint density at radius 1 is 0.861 bits per heavy atom. The first-order valence-electron chi connectivity index (χ1n) is 13.4. The molecule has 0 saturated heterocycles. The molecule has 0 N–H and O–H groups in total. The molecule has 2 aromatic rings. The zero-order valence-corrected chi connectivity index (χ0v) is 26.2. The highest BCUT2D eigenvalue weighted by atomic mass is 28.4. The van der Waals surface area contributed by atoms with Crippen molar-refractivity contribution in [3.05, 3.63) is 54.0 Å². The Morgan fingerprint density at radius 2 is 1.50 bits per heavy atom. The van der Waals surface area contributed by atoms with Crippen molar-refractivity contribution < 1.29 is 13.6 Å². The third-order valence-electron chi connectivity index (χ3n) is 8.52. The third kappa shape index (κ3) is 7.49. The number of benzene rings is 1. The Balaban J connectivity index is 1.73. The SMILES string of the molecule is CC(C)(C)[Si](C)(C)OC[C@@H]1C[C@@H](Oc2cc(Cc3ccccc3)ncn2)C[C@@H]1O[Si](C)(C)C(C)(C)C. The van der Waals surface area contributed by atoms with Gasteiger partial charge in [0.1, 0.15) is 12.4 Å². The molecular weight excluding hydrogens is 481 g/mol. The fourth-order valence-corrected chi connectivity index (χ4v) is 6.52.